The molecule has 1 aliphatic heterocycles. The molecular formula is C19H20N4O5. The minimum atomic E-state index is -1.02. The van der Waals surface area contributed by atoms with Gasteiger partial charge >= 0.3 is 5.97 Å². The molecule has 28 heavy (non-hydrogen) atoms. The number of hydrogen-bond donors (Lipinski definition) is 2. The van der Waals surface area contributed by atoms with E-state index in [4.69, 9.17) is 0 Å². The second-order valence-electron chi connectivity index (χ2n) is 6.56. The molecule has 2 amide bonds. The number of carbonyl (C=O) groups is 3. The number of carboxylic acid groups (broad SMARTS) is 1. The Kier molecular flexibility index (Phi) is 5.53. The summed E-state index contributed by atoms with van der Waals surface area (Å²) in [6, 6.07) is 8.01. The zero-order valence-electron chi connectivity index (χ0n) is 15.3. The van der Waals surface area contributed by atoms with Crippen LogP contribution in [0.4, 0.5) is 5.69 Å². The summed E-state index contributed by atoms with van der Waals surface area (Å²) >= 11 is 0. The number of carbonyl (C=O) groups excluding carboxylic acids is 2. The molecule has 1 aromatic heterocycles. The first-order valence-electron chi connectivity index (χ1n) is 8.86. The van der Waals surface area contributed by atoms with Crippen LogP contribution in [-0.2, 0) is 11.8 Å². The van der Waals surface area contributed by atoms with Crippen LogP contribution in [0.25, 0.3) is 0 Å². The van der Waals surface area contributed by atoms with Crippen molar-refractivity contribution < 1.29 is 19.5 Å². The molecule has 1 atom stereocenters. The molecule has 0 bridgehead atoms. The highest BCUT2D eigenvalue weighted by Crippen LogP contribution is 2.21. The molecule has 0 aliphatic carbocycles. The van der Waals surface area contributed by atoms with E-state index >= 15 is 0 Å². The third-order valence-corrected chi connectivity index (χ3v) is 4.61. The van der Waals surface area contributed by atoms with Crippen LogP contribution in [-0.4, -0.2) is 50.2 Å². The molecule has 1 aromatic carbocycles. The summed E-state index contributed by atoms with van der Waals surface area (Å²) in [4.78, 5) is 49.3. The normalized spacial score (nSPS) is 16.5. The topological polar surface area (TPSA) is 122 Å². The van der Waals surface area contributed by atoms with Crippen molar-refractivity contribution in [3.8, 4) is 0 Å². The minimum Gasteiger partial charge on any atom is -0.480 e. The van der Waals surface area contributed by atoms with Crippen LogP contribution in [0.2, 0.25) is 0 Å². The zero-order chi connectivity index (χ0) is 20.3. The van der Waals surface area contributed by atoms with Crippen molar-refractivity contribution in [1.29, 1.82) is 0 Å². The minimum absolute atomic E-state index is 0.0563. The van der Waals surface area contributed by atoms with Gasteiger partial charge in [0.1, 0.15) is 11.7 Å². The molecule has 2 aromatic rings. The third-order valence-electron chi connectivity index (χ3n) is 4.61. The molecule has 1 saturated heterocycles. The van der Waals surface area contributed by atoms with Gasteiger partial charge in [0.15, 0.2) is 0 Å². The van der Waals surface area contributed by atoms with Crippen molar-refractivity contribution in [3.63, 3.8) is 0 Å². The average Bonchev–Trinajstić information content (AvgIpc) is 2.69. The fourth-order valence-electron chi connectivity index (χ4n) is 3.15. The van der Waals surface area contributed by atoms with Gasteiger partial charge in [-0.2, -0.15) is 5.10 Å². The highest BCUT2D eigenvalue weighted by atomic mass is 16.4. The Bertz CT molecular complexity index is 984. The average molecular weight is 384 g/mol. The number of aromatic nitrogens is 2. The van der Waals surface area contributed by atoms with Gasteiger partial charge in [0, 0.05) is 30.9 Å². The summed E-state index contributed by atoms with van der Waals surface area (Å²) < 4.78 is 1.05. The number of aryl methyl sites for hydroxylation is 1. The molecule has 9 nitrogen and oxygen atoms in total. The molecule has 9 heteroatoms. The van der Waals surface area contributed by atoms with Gasteiger partial charge in [-0.25, -0.2) is 9.48 Å². The second-order valence-corrected chi connectivity index (χ2v) is 6.56. The Morgan fingerprint density at radius 3 is 2.68 bits per heavy atom. The number of carboxylic acids is 1. The molecular weight excluding hydrogens is 364 g/mol. The van der Waals surface area contributed by atoms with Gasteiger partial charge in [-0.05, 0) is 43.5 Å². The molecule has 1 fully saturated rings. The fraction of sp³-hybridized carbons (Fsp3) is 0.316. The van der Waals surface area contributed by atoms with Crippen molar-refractivity contribution >= 4 is 23.5 Å². The second kappa shape index (κ2) is 8.03. The smallest absolute Gasteiger partial charge is 0.326 e. The van der Waals surface area contributed by atoms with Crippen LogP contribution < -0.4 is 10.9 Å². The quantitative estimate of drug-likeness (QED) is 0.814. The predicted molar refractivity (Wildman–Crippen MR) is 100 cm³/mol. The highest BCUT2D eigenvalue weighted by Gasteiger charge is 2.32. The summed E-state index contributed by atoms with van der Waals surface area (Å²) in [7, 11) is 1.44. The van der Waals surface area contributed by atoms with Crippen LogP contribution in [0.3, 0.4) is 0 Å². The molecule has 1 unspecified atom stereocenters. The van der Waals surface area contributed by atoms with Crippen LogP contribution in [0.5, 0.6) is 0 Å². The first kappa shape index (κ1) is 19.3. The molecule has 2 N–H and O–H groups in total. The SMILES string of the molecule is Cn1nc(C(=O)Nc2cccc(C(=O)N3CCCCC3C(=O)O)c2)ccc1=O. The summed E-state index contributed by atoms with van der Waals surface area (Å²) in [6.45, 7) is 0.383. The number of amides is 2. The van der Waals surface area contributed by atoms with Crippen LogP contribution in [0, 0.1) is 0 Å². The first-order chi connectivity index (χ1) is 13.4. The summed E-state index contributed by atoms with van der Waals surface area (Å²) in [5.74, 6) is -1.93. The number of nitrogens with one attached hydrogen (secondary N) is 1. The largest absolute Gasteiger partial charge is 0.480 e. The Labute approximate surface area is 160 Å². The van der Waals surface area contributed by atoms with Gasteiger partial charge in [0.2, 0.25) is 0 Å². The lowest BCUT2D eigenvalue weighted by atomic mass is 10.0. The number of nitrogens with zero attached hydrogens (tertiary/aromatic N) is 3. The number of benzene rings is 1. The van der Waals surface area contributed by atoms with Crippen LogP contribution in [0.15, 0.2) is 41.2 Å². The number of aliphatic carboxylic acids is 1. The van der Waals surface area contributed by atoms with Crippen molar-refractivity contribution in [2.24, 2.45) is 7.05 Å². The third kappa shape index (κ3) is 4.08. The zero-order valence-corrected chi connectivity index (χ0v) is 15.3. The number of piperidine rings is 1. The maximum absolute atomic E-state index is 12.8. The highest BCUT2D eigenvalue weighted by molar-refractivity contribution is 6.04. The van der Waals surface area contributed by atoms with Gasteiger partial charge in [0.25, 0.3) is 17.4 Å². The van der Waals surface area contributed by atoms with Gasteiger partial charge < -0.3 is 15.3 Å². The lowest BCUT2D eigenvalue weighted by Gasteiger charge is -2.33. The molecule has 0 spiro atoms. The van der Waals surface area contributed by atoms with Crippen LogP contribution in [0.1, 0.15) is 40.1 Å². The number of hydrogen-bond acceptors (Lipinski definition) is 5. The maximum Gasteiger partial charge on any atom is 0.326 e. The van der Waals surface area contributed by atoms with E-state index in [1.165, 1.54) is 30.1 Å². The van der Waals surface area contributed by atoms with Crippen molar-refractivity contribution in [3.05, 3.63) is 58.0 Å². The maximum atomic E-state index is 12.8. The lowest BCUT2D eigenvalue weighted by Crippen LogP contribution is -2.48. The monoisotopic (exact) mass is 384 g/mol. The fourth-order valence-corrected chi connectivity index (χ4v) is 3.15. The number of rotatable bonds is 4. The Morgan fingerprint density at radius 2 is 1.96 bits per heavy atom. The number of likely N-dealkylation sites (tertiary alicyclic amines) is 1. The van der Waals surface area contributed by atoms with Gasteiger partial charge in [-0.1, -0.05) is 6.07 Å². The molecule has 0 radical (unpaired) electrons. The van der Waals surface area contributed by atoms with Crippen molar-refractivity contribution in [2.75, 3.05) is 11.9 Å². The van der Waals surface area contributed by atoms with Gasteiger partial charge in [-0.3, -0.25) is 14.4 Å². The number of anilines is 1. The Balaban J connectivity index is 1.78. The van der Waals surface area contributed by atoms with E-state index in [2.05, 4.69) is 10.4 Å². The molecule has 1 aliphatic rings. The molecule has 2 heterocycles. The van der Waals surface area contributed by atoms with Crippen molar-refractivity contribution in [1.82, 2.24) is 14.7 Å². The first-order valence-corrected chi connectivity index (χ1v) is 8.86. The van der Waals surface area contributed by atoms with Gasteiger partial charge in [-0.15, -0.1) is 0 Å². The van der Waals surface area contributed by atoms with E-state index in [1.807, 2.05) is 0 Å². The molecule has 3 rings (SSSR count). The summed E-state index contributed by atoms with van der Waals surface area (Å²) in [5, 5.41) is 15.9. The Hall–Kier alpha value is -3.49. The van der Waals surface area contributed by atoms with Gasteiger partial charge in [0.05, 0.1) is 0 Å². The van der Waals surface area contributed by atoms with E-state index in [1.54, 1.807) is 18.2 Å². The van der Waals surface area contributed by atoms with E-state index in [0.717, 1.165) is 17.5 Å². The predicted octanol–water partition coefficient (Wildman–Crippen LogP) is 1.11. The van der Waals surface area contributed by atoms with E-state index in [9.17, 15) is 24.3 Å². The lowest BCUT2D eigenvalue weighted by molar-refractivity contribution is -0.143. The standard InChI is InChI=1S/C19H20N4O5/c1-22-16(24)9-8-14(21-22)17(25)20-13-6-4-5-12(11-13)18(26)23-10-3-2-7-15(23)19(27)28/h4-6,8-9,11,15H,2-3,7,10H2,1H3,(H,20,25)(H,27,28). The summed E-state index contributed by atoms with van der Waals surface area (Å²) in [5.41, 5.74) is 0.384. The van der Waals surface area contributed by atoms with E-state index < -0.39 is 17.9 Å². The summed E-state index contributed by atoms with van der Waals surface area (Å²) in [6.07, 6.45) is 1.95. The van der Waals surface area contributed by atoms with E-state index in [-0.39, 0.29) is 17.2 Å². The van der Waals surface area contributed by atoms with E-state index in [0.29, 0.717) is 24.2 Å². The Morgan fingerprint density at radius 1 is 1.18 bits per heavy atom. The molecule has 0 saturated carbocycles. The van der Waals surface area contributed by atoms with Crippen LogP contribution >= 0.6 is 0 Å². The molecule has 146 valence electrons. The van der Waals surface area contributed by atoms with Crippen molar-refractivity contribution in [2.45, 2.75) is 25.3 Å².